The van der Waals surface area contributed by atoms with Gasteiger partial charge in [0.05, 0.1) is 23.3 Å². The van der Waals surface area contributed by atoms with Crippen LogP contribution in [0.5, 0.6) is 0 Å². The van der Waals surface area contributed by atoms with Crippen LogP contribution in [-0.4, -0.2) is 43.9 Å². The Morgan fingerprint density at radius 2 is 1.80 bits per heavy atom. The Morgan fingerprint density at radius 3 is 2.40 bits per heavy atom. The minimum absolute atomic E-state index is 0.0117. The monoisotopic (exact) mass is 434 g/mol. The molecule has 0 aliphatic carbocycles. The molecule has 30 heavy (non-hydrogen) atoms. The molecule has 0 radical (unpaired) electrons. The lowest BCUT2D eigenvalue weighted by molar-refractivity contribution is -0.140. The Labute approximate surface area is 176 Å². The van der Waals surface area contributed by atoms with Gasteiger partial charge in [0.15, 0.2) is 6.61 Å². The third kappa shape index (κ3) is 5.28. The van der Waals surface area contributed by atoms with Crippen molar-refractivity contribution < 1.29 is 27.2 Å². The summed E-state index contributed by atoms with van der Waals surface area (Å²) in [6, 6.07) is 8.93. The quantitative estimate of drug-likeness (QED) is 0.672. The van der Waals surface area contributed by atoms with Gasteiger partial charge in [-0.1, -0.05) is 0 Å². The van der Waals surface area contributed by atoms with Gasteiger partial charge in [0, 0.05) is 12.1 Å². The van der Waals surface area contributed by atoms with Gasteiger partial charge < -0.3 is 14.1 Å². The topological polar surface area (TPSA) is 106 Å². The average molecular weight is 435 g/mol. The van der Waals surface area contributed by atoms with Crippen LogP contribution >= 0.6 is 0 Å². The maximum Gasteiger partial charge on any atom is 0.338 e. The van der Waals surface area contributed by atoms with E-state index in [-0.39, 0.29) is 41.6 Å². The number of likely N-dealkylation sites (tertiary alicyclic amines) is 1. The number of ether oxygens (including phenoxy) is 1. The number of carbonyl (C=O) groups excluding carboxylic acids is 2. The minimum atomic E-state index is -3.75. The first-order chi connectivity index (χ1) is 14.3. The molecule has 2 aromatic rings. The molecule has 1 fully saturated rings. The normalized spacial score (nSPS) is 19.5. The third-order valence-corrected chi connectivity index (χ3v) is 6.64. The van der Waals surface area contributed by atoms with E-state index >= 15 is 0 Å². The lowest BCUT2D eigenvalue weighted by Crippen LogP contribution is -2.49. The van der Waals surface area contributed by atoms with Gasteiger partial charge in [0.1, 0.15) is 5.76 Å². The maximum atomic E-state index is 12.5. The number of esters is 1. The zero-order valence-corrected chi connectivity index (χ0v) is 17.9. The van der Waals surface area contributed by atoms with Crippen LogP contribution in [0.2, 0.25) is 0 Å². The zero-order valence-electron chi connectivity index (χ0n) is 17.0. The molecule has 2 atom stereocenters. The first-order valence-electron chi connectivity index (χ1n) is 9.88. The molecule has 1 aromatic heterocycles. The highest BCUT2D eigenvalue weighted by Crippen LogP contribution is 2.22. The van der Waals surface area contributed by atoms with Crippen LogP contribution in [0.15, 0.2) is 52.0 Å². The highest BCUT2D eigenvalue weighted by Gasteiger charge is 2.29. The van der Waals surface area contributed by atoms with Crippen LogP contribution in [0, 0.1) is 0 Å². The molecule has 1 N–H and O–H groups in total. The van der Waals surface area contributed by atoms with Crippen molar-refractivity contribution in [2.24, 2.45) is 0 Å². The van der Waals surface area contributed by atoms with E-state index in [1.54, 1.807) is 17.0 Å². The minimum Gasteiger partial charge on any atom is -0.468 e. The summed E-state index contributed by atoms with van der Waals surface area (Å²) in [6.07, 6.45) is 4.42. The van der Waals surface area contributed by atoms with E-state index in [4.69, 9.17) is 9.15 Å². The number of nitrogens with zero attached hydrogens (tertiary/aromatic N) is 1. The number of piperidine rings is 1. The number of nitrogens with one attached hydrogen (secondary N) is 1. The van der Waals surface area contributed by atoms with Crippen molar-refractivity contribution in [1.82, 2.24) is 9.62 Å². The maximum absolute atomic E-state index is 12.5. The summed E-state index contributed by atoms with van der Waals surface area (Å²) in [5.41, 5.74) is 0.174. The Hall–Kier alpha value is -2.65. The number of sulfonamides is 1. The molecular weight excluding hydrogens is 408 g/mol. The number of furan rings is 1. The van der Waals surface area contributed by atoms with Gasteiger partial charge in [-0.05, 0) is 69.5 Å². The molecule has 1 aliphatic heterocycles. The highest BCUT2D eigenvalue weighted by atomic mass is 32.2. The number of carbonyl (C=O) groups is 2. The molecule has 0 saturated carbocycles. The molecular formula is C21H26N2O6S. The molecule has 1 aliphatic rings. The van der Waals surface area contributed by atoms with E-state index in [1.165, 1.54) is 30.5 Å². The standard InChI is InChI=1S/C21H26N2O6S/c1-15-5-3-6-16(2)23(15)20(24)14-29-21(25)17-8-10-19(11-9-17)30(26,27)22-13-18-7-4-12-28-18/h4,7-12,15-16,22H,3,5-6,13-14H2,1-2H3. The summed E-state index contributed by atoms with van der Waals surface area (Å²) in [5, 5.41) is 0. The van der Waals surface area contributed by atoms with E-state index in [1.807, 2.05) is 13.8 Å². The van der Waals surface area contributed by atoms with Gasteiger partial charge in [-0.15, -0.1) is 0 Å². The lowest BCUT2D eigenvalue weighted by Gasteiger charge is -2.38. The summed E-state index contributed by atoms with van der Waals surface area (Å²) < 4.78 is 37.4. The van der Waals surface area contributed by atoms with Gasteiger partial charge in [-0.25, -0.2) is 17.9 Å². The van der Waals surface area contributed by atoms with Gasteiger partial charge in [-0.2, -0.15) is 0 Å². The van der Waals surface area contributed by atoms with E-state index in [0.717, 1.165) is 19.3 Å². The number of hydrogen-bond donors (Lipinski definition) is 1. The molecule has 0 bridgehead atoms. The van der Waals surface area contributed by atoms with Gasteiger partial charge in [0.25, 0.3) is 5.91 Å². The van der Waals surface area contributed by atoms with Crippen molar-refractivity contribution in [1.29, 1.82) is 0 Å². The summed E-state index contributed by atoms with van der Waals surface area (Å²) in [4.78, 5) is 26.5. The number of rotatable bonds is 7. The molecule has 162 valence electrons. The van der Waals surface area contributed by atoms with Gasteiger partial charge in [-0.3, -0.25) is 4.79 Å². The second kappa shape index (κ2) is 9.44. The van der Waals surface area contributed by atoms with E-state index in [0.29, 0.717) is 5.76 Å². The molecule has 9 heteroatoms. The van der Waals surface area contributed by atoms with Crippen LogP contribution in [0.25, 0.3) is 0 Å². The van der Waals surface area contributed by atoms with Gasteiger partial charge >= 0.3 is 5.97 Å². The van der Waals surface area contributed by atoms with Crippen LogP contribution in [0.4, 0.5) is 0 Å². The lowest BCUT2D eigenvalue weighted by atomic mass is 9.97. The Balaban J connectivity index is 1.56. The average Bonchev–Trinajstić information content (AvgIpc) is 3.24. The van der Waals surface area contributed by atoms with Crippen molar-refractivity contribution >= 4 is 21.9 Å². The van der Waals surface area contributed by atoms with Crippen molar-refractivity contribution in [2.45, 2.75) is 56.6 Å². The second-order valence-corrected chi connectivity index (χ2v) is 9.20. The molecule has 1 saturated heterocycles. The summed E-state index contributed by atoms with van der Waals surface area (Å²) >= 11 is 0. The fourth-order valence-electron chi connectivity index (χ4n) is 3.63. The van der Waals surface area contributed by atoms with Crippen LogP contribution < -0.4 is 4.72 Å². The SMILES string of the molecule is CC1CCCC(C)N1C(=O)COC(=O)c1ccc(S(=O)(=O)NCc2ccco2)cc1. The zero-order chi connectivity index (χ0) is 21.7. The van der Waals surface area contributed by atoms with Crippen LogP contribution in [-0.2, 0) is 26.1 Å². The van der Waals surface area contributed by atoms with Crippen molar-refractivity contribution in [3.63, 3.8) is 0 Å². The molecule has 1 aromatic carbocycles. The molecule has 3 rings (SSSR count). The summed E-state index contributed by atoms with van der Waals surface area (Å²) in [6.45, 7) is 3.68. The number of benzene rings is 1. The fourth-order valence-corrected chi connectivity index (χ4v) is 4.62. The van der Waals surface area contributed by atoms with E-state index in [2.05, 4.69) is 4.72 Å². The highest BCUT2D eigenvalue weighted by molar-refractivity contribution is 7.89. The Bertz CT molecular complexity index is 959. The molecule has 8 nitrogen and oxygen atoms in total. The number of amides is 1. The molecule has 2 unspecified atom stereocenters. The fraction of sp³-hybridized carbons (Fsp3) is 0.429. The van der Waals surface area contributed by atoms with Crippen LogP contribution in [0.1, 0.15) is 49.2 Å². The predicted octanol–water partition coefficient (Wildman–Crippen LogP) is 2.70. The van der Waals surface area contributed by atoms with E-state index in [9.17, 15) is 18.0 Å². The van der Waals surface area contributed by atoms with Crippen molar-refractivity contribution in [2.75, 3.05) is 6.61 Å². The molecule has 1 amide bonds. The number of hydrogen-bond acceptors (Lipinski definition) is 6. The van der Waals surface area contributed by atoms with Crippen LogP contribution in [0.3, 0.4) is 0 Å². The molecule has 0 spiro atoms. The first-order valence-corrected chi connectivity index (χ1v) is 11.4. The molecule has 2 heterocycles. The van der Waals surface area contributed by atoms with E-state index < -0.39 is 16.0 Å². The summed E-state index contributed by atoms with van der Waals surface area (Å²) in [7, 11) is -3.75. The Kier molecular flexibility index (Phi) is 6.94. The third-order valence-electron chi connectivity index (χ3n) is 5.23. The first kappa shape index (κ1) is 22.0. The van der Waals surface area contributed by atoms with Crippen molar-refractivity contribution in [3.05, 3.63) is 54.0 Å². The Morgan fingerprint density at radius 1 is 1.13 bits per heavy atom. The summed E-state index contributed by atoms with van der Waals surface area (Å²) in [5.74, 6) is -0.404. The van der Waals surface area contributed by atoms with Crippen molar-refractivity contribution in [3.8, 4) is 0 Å². The van der Waals surface area contributed by atoms with Gasteiger partial charge in [0.2, 0.25) is 10.0 Å². The predicted molar refractivity (Wildman–Crippen MR) is 109 cm³/mol. The second-order valence-electron chi connectivity index (χ2n) is 7.43. The smallest absolute Gasteiger partial charge is 0.338 e. The largest absolute Gasteiger partial charge is 0.468 e.